The van der Waals surface area contributed by atoms with Crippen LogP contribution in [-0.2, 0) is 0 Å². The number of ether oxygens (including phenoxy) is 1. The standard InChI is InChI=1S/C20H18N6O2/c27-20(14-6-11-18-19(12-14)25-26-24-18)22-15-7-9-16(10-8-15)23-21-13-28-17-4-2-1-3-5-17/h1-12,21,23H,13H2,(H,22,27)(H,24,25,26). The van der Waals surface area contributed by atoms with Gasteiger partial charge in [-0.15, -0.1) is 5.10 Å². The predicted octanol–water partition coefficient (Wildman–Crippen LogP) is 3.16. The zero-order chi connectivity index (χ0) is 19.2. The van der Waals surface area contributed by atoms with E-state index in [-0.39, 0.29) is 5.91 Å². The minimum absolute atomic E-state index is 0.202. The van der Waals surface area contributed by atoms with Gasteiger partial charge in [0.25, 0.3) is 5.91 Å². The molecular weight excluding hydrogens is 356 g/mol. The minimum Gasteiger partial charge on any atom is -0.477 e. The largest absolute Gasteiger partial charge is 0.477 e. The summed E-state index contributed by atoms with van der Waals surface area (Å²) in [6.07, 6.45) is 0. The van der Waals surface area contributed by atoms with E-state index in [9.17, 15) is 4.79 Å². The highest BCUT2D eigenvalue weighted by Crippen LogP contribution is 2.16. The molecule has 0 fully saturated rings. The Bertz CT molecular complexity index is 1060. The maximum atomic E-state index is 12.4. The van der Waals surface area contributed by atoms with Gasteiger partial charge in [0.1, 0.15) is 11.3 Å². The Labute approximate surface area is 160 Å². The van der Waals surface area contributed by atoms with E-state index in [0.29, 0.717) is 18.0 Å². The van der Waals surface area contributed by atoms with Gasteiger partial charge >= 0.3 is 0 Å². The Hall–Kier alpha value is -3.91. The second-order valence-corrected chi connectivity index (χ2v) is 5.98. The fourth-order valence-electron chi connectivity index (χ4n) is 2.60. The molecule has 1 aromatic heterocycles. The molecule has 28 heavy (non-hydrogen) atoms. The van der Waals surface area contributed by atoms with E-state index in [4.69, 9.17) is 4.74 Å². The SMILES string of the molecule is O=C(Nc1ccc(NNCOc2ccccc2)cc1)c1ccc2nn[nH]c2c1. The van der Waals surface area contributed by atoms with Crippen molar-refractivity contribution >= 4 is 28.3 Å². The topological polar surface area (TPSA) is 104 Å². The number of aromatic nitrogens is 3. The maximum absolute atomic E-state index is 12.4. The van der Waals surface area contributed by atoms with Gasteiger partial charge in [0.2, 0.25) is 0 Å². The number of nitrogens with one attached hydrogen (secondary N) is 4. The number of H-pyrrole nitrogens is 1. The van der Waals surface area contributed by atoms with Gasteiger partial charge in [-0.3, -0.25) is 9.89 Å². The van der Waals surface area contributed by atoms with Gasteiger partial charge in [0.05, 0.1) is 5.52 Å². The van der Waals surface area contributed by atoms with Crippen molar-refractivity contribution in [2.24, 2.45) is 0 Å². The predicted molar refractivity (Wildman–Crippen MR) is 107 cm³/mol. The number of hydrazine groups is 1. The van der Waals surface area contributed by atoms with Crippen LogP contribution in [0.3, 0.4) is 0 Å². The zero-order valence-electron chi connectivity index (χ0n) is 14.8. The third-order valence-electron chi connectivity index (χ3n) is 4.02. The van der Waals surface area contributed by atoms with E-state index in [0.717, 1.165) is 22.5 Å². The first-order chi connectivity index (χ1) is 13.8. The lowest BCUT2D eigenvalue weighted by Crippen LogP contribution is -2.26. The molecule has 0 saturated carbocycles. The Morgan fingerprint density at radius 1 is 0.964 bits per heavy atom. The smallest absolute Gasteiger partial charge is 0.255 e. The molecule has 0 saturated heterocycles. The summed E-state index contributed by atoms with van der Waals surface area (Å²) in [7, 11) is 0. The number of nitrogens with zero attached hydrogens (tertiary/aromatic N) is 2. The van der Waals surface area contributed by atoms with E-state index < -0.39 is 0 Å². The summed E-state index contributed by atoms with van der Waals surface area (Å²) >= 11 is 0. The summed E-state index contributed by atoms with van der Waals surface area (Å²) in [6, 6.07) is 22.1. The van der Waals surface area contributed by atoms with Gasteiger partial charge < -0.3 is 15.5 Å². The van der Waals surface area contributed by atoms with Crippen molar-refractivity contribution < 1.29 is 9.53 Å². The van der Waals surface area contributed by atoms with Crippen LogP contribution < -0.4 is 20.9 Å². The number of carbonyl (C=O) groups excluding carboxylic acids is 1. The normalized spacial score (nSPS) is 10.6. The highest BCUT2D eigenvalue weighted by molar-refractivity contribution is 6.05. The van der Waals surface area contributed by atoms with Crippen molar-refractivity contribution in [3.05, 3.63) is 78.4 Å². The number of benzene rings is 3. The molecule has 0 spiro atoms. The number of para-hydroxylation sites is 1. The first-order valence-electron chi connectivity index (χ1n) is 8.67. The summed E-state index contributed by atoms with van der Waals surface area (Å²) in [6.45, 7) is 0.313. The minimum atomic E-state index is -0.202. The van der Waals surface area contributed by atoms with Gasteiger partial charge in [-0.05, 0) is 54.6 Å². The summed E-state index contributed by atoms with van der Waals surface area (Å²) in [5.74, 6) is 0.588. The van der Waals surface area contributed by atoms with E-state index in [2.05, 4.69) is 31.6 Å². The van der Waals surface area contributed by atoms with Gasteiger partial charge in [0.15, 0.2) is 6.73 Å². The first kappa shape index (κ1) is 17.5. The van der Waals surface area contributed by atoms with E-state index >= 15 is 0 Å². The average molecular weight is 374 g/mol. The molecule has 1 amide bonds. The number of anilines is 2. The monoisotopic (exact) mass is 374 g/mol. The van der Waals surface area contributed by atoms with Crippen LogP contribution in [0.5, 0.6) is 5.75 Å². The van der Waals surface area contributed by atoms with Gasteiger partial charge in [0, 0.05) is 16.9 Å². The first-order valence-corrected chi connectivity index (χ1v) is 8.67. The molecule has 4 N–H and O–H groups in total. The molecular formula is C20H18N6O2. The van der Waals surface area contributed by atoms with E-state index in [1.807, 2.05) is 54.6 Å². The Morgan fingerprint density at radius 3 is 2.57 bits per heavy atom. The van der Waals surface area contributed by atoms with Crippen LogP contribution in [0.25, 0.3) is 11.0 Å². The molecule has 0 aliphatic heterocycles. The molecule has 0 aliphatic carbocycles. The lowest BCUT2D eigenvalue weighted by Gasteiger charge is -2.11. The summed E-state index contributed by atoms with van der Waals surface area (Å²) in [5.41, 5.74) is 9.52. The summed E-state index contributed by atoms with van der Waals surface area (Å²) < 4.78 is 5.54. The molecule has 3 aromatic carbocycles. The molecule has 4 rings (SSSR count). The molecule has 8 heteroatoms. The molecule has 1 heterocycles. The third-order valence-corrected chi connectivity index (χ3v) is 4.02. The van der Waals surface area contributed by atoms with E-state index in [1.54, 1.807) is 18.2 Å². The molecule has 140 valence electrons. The van der Waals surface area contributed by atoms with E-state index in [1.165, 1.54) is 0 Å². The van der Waals surface area contributed by atoms with Crippen LogP contribution >= 0.6 is 0 Å². The number of rotatable bonds is 7. The van der Waals surface area contributed by atoms with Crippen LogP contribution in [0, 0.1) is 0 Å². The molecule has 0 aliphatic rings. The van der Waals surface area contributed by atoms with Crippen LogP contribution in [0.2, 0.25) is 0 Å². The van der Waals surface area contributed by atoms with Crippen molar-refractivity contribution in [2.75, 3.05) is 17.5 Å². The number of hydrogen-bond acceptors (Lipinski definition) is 6. The molecule has 0 atom stereocenters. The van der Waals surface area contributed by atoms with Gasteiger partial charge in [-0.25, -0.2) is 5.43 Å². The lowest BCUT2D eigenvalue weighted by molar-refractivity contribution is 0.102. The average Bonchev–Trinajstić information content (AvgIpc) is 3.21. The van der Waals surface area contributed by atoms with Crippen LogP contribution in [0.4, 0.5) is 11.4 Å². The second-order valence-electron chi connectivity index (χ2n) is 5.98. The Morgan fingerprint density at radius 2 is 1.75 bits per heavy atom. The molecule has 4 aromatic rings. The number of fused-ring (bicyclic) bond motifs is 1. The van der Waals surface area contributed by atoms with Crippen molar-refractivity contribution in [2.45, 2.75) is 0 Å². The number of aromatic amines is 1. The van der Waals surface area contributed by atoms with Crippen molar-refractivity contribution in [3.8, 4) is 5.75 Å². The summed E-state index contributed by atoms with van der Waals surface area (Å²) in [5, 5.41) is 13.2. The highest BCUT2D eigenvalue weighted by Gasteiger charge is 2.08. The zero-order valence-corrected chi connectivity index (χ0v) is 14.8. The Kier molecular flexibility index (Phi) is 5.12. The van der Waals surface area contributed by atoms with Gasteiger partial charge in [-0.2, -0.15) is 0 Å². The molecule has 8 nitrogen and oxygen atoms in total. The quantitative estimate of drug-likeness (QED) is 0.225. The number of amides is 1. The fraction of sp³-hybridized carbons (Fsp3) is 0.0500. The van der Waals surface area contributed by atoms with Crippen LogP contribution in [-0.4, -0.2) is 28.0 Å². The molecule has 0 radical (unpaired) electrons. The van der Waals surface area contributed by atoms with Crippen LogP contribution in [0.15, 0.2) is 72.8 Å². The Balaban J connectivity index is 1.28. The number of carbonyl (C=O) groups is 1. The number of hydrogen-bond donors (Lipinski definition) is 4. The molecule has 0 unspecified atom stereocenters. The van der Waals surface area contributed by atoms with Crippen LogP contribution in [0.1, 0.15) is 10.4 Å². The third kappa shape index (κ3) is 4.25. The lowest BCUT2D eigenvalue weighted by atomic mass is 10.2. The summed E-state index contributed by atoms with van der Waals surface area (Å²) in [4.78, 5) is 12.4. The van der Waals surface area contributed by atoms with Crippen molar-refractivity contribution in [3.63, 3.8) is 0 Å². The van der Waals surface area contributed by atoms with Gasteiger partial charge in [-0.1, -0.05) is 23.4 Å². The van der Waals surface area contributed by atoms with Crippen molar-refractivity contribution in [1.29, 1.82) is 0 Å². The van der Waals surface area contributed by atoms with Crippen molar-refractivity contribution in [1.82, 2.24) is 20.8 Å². The molecule has 0 bridgehead atoms. The highest BCUT2D eigenvalue weighted by atomic mass is 16.5. The fourth-order valence-corrected chi connectivity index (χ4v) is 2.60. The second kappa shape index (κ2) is 8.19. The maximum Gasteiger partial charge on any atom is 0.255 e.